The van der Waals surface area contributed by atoms with Gasteiger partial charge >= 0.3 is 0 Å². The minimum Gasteiger partial charge on any atom is -0.350 e. The Kier molecular flexibility index (Phi) is 11.9. The minimum atomic E-state index is -0.640. The fourth-order valence-electron chi connectivity index (χ4n) is 4.57. The van der Waals surface area contributed by atoms with Crippen molar-refractivity contribution < 1.29 is 24.0 Å². The highest BCUT2D eigenvalue weighted by atomic mass is 16.8. The summed E-state index contributed by atoms with van der Waals surface area (Å²) in [5.74, 6) is -1.26. The molecule has 0 spiro atoms. The van der Waals surface area contributed by atoms with Crippen molar-refractivity contribution in [3.8, 4) is 0 Å². The summed E-state index contributed by atoms with van der Waals surface area (Å²) in [7, 11) is 1.79. The van der Waals surface area contributed by atoms with E-state index in [1.807, 2.05) is 30.3 Å². The van der Waals surface area contributed by atoms with E-state index in [0.29, 0.717) is 32.4 Å². The van der Waals surface area contributed by atoms with Gasteiger partial charge in [0.2, 0.25) is 17.7 Å². The molecule has 198 valence electrons. The molecule has 2 unspecified atom stereocenters. The lowest BCUT2D eigenvalue weighted by Crippen LogP contribution is -2.50. The van der Waals surface area contributed by atoms with Gasteiger partial charge in [-0.3, -0.25) is 14.4 Å². The average molecular weight is 500 g/mol. The van der Waals surface area contributed by atoms with Gasteiger partial charge in [0.15, 0.2) is 6.29 Å². The number of amides is 3. The Hall–Kier alpha value is -2.71. The number of hydrogen-bond donors (Lipinski definition) is 2. The predicted molar refractivity (Wildman–Crippen MR) is 137 cm³/mol. The van der Waals surface area contributed by atoms with E-state index in [4.69, 9.17) is 9.57 Å². The smallest absolute Gasteiger partial charge is 0.244 e. The number of nitrogens with one attached hydrogen (secondary N) is 2. The monoisotopic (exact) mass is 499 g/mol. The standard InChI is InChI=1S/C28H41N3O5/c1-31-19-11-5-3-2-4-9-15-23(21-25(32)30-36-26-16-10-12-20-35-26)27(33)29-24(28(31)34)18-17-22-13-7-6-8-14-22/h2-3,6-8,13-14,23-24,26H,4-5,9-12,15-21H2,1H3,(H,29,33)(H,30,32)/t23?,24?,26-/m0/s1. The SMILES string of the molecule is CN1CCCC=CCCCC(CC(=O)NO[C@H]2CCCCO2)C(=O)NC(CCc2ccccc2)C1=O. The molecule has 0 aromatic heterocycles. The molecule has 2 aliphatic rings. The van der Waals surface area contributed by atoms with E-state index in [0.717, 1.165) is 50.5 Å². The molecule has 2 aliphatic heterocycles. The van der Waals surface area contributed by atoms with Crippen molar-refractivity contribution in [1.29, 1.82) is 0 Å². The fourth-order valence-corrected chi connectivity index (χ4v) is 4.57. The molecule has 8 heteroatoms. The molecule has 8 nitrogen and oxygen atoms in total. The van der Waals surface area contributed by atoms with Crippen LogP contribution in [0.3, 0.4) is 0 Å². The highest BCUT2D eigenvalue weighted by Crippen LogP contribution is 2.17. The van der Waals surface area contributed by atoms with Crippen LogP contribution in [-0.4, -0.2) is 55.2 Å². The van der Waals surface area contributed by atoms with Crippen LogP contribution in [0, 0.1) is 5.92 Å². The van der Waals surface area contributed by atoms with E-state index in [1.165, 1.54) is 0 Å². The number of hydroxylamine groups is 1. The number of nitrogens with zero attached hydrogens (tertiary/aromatic N) is 1. The second kappa shape index (κ2) is 15.4. The third-order valence-electron chi connectivity index (χ3n) is 6.75. The van der Waals surface area contributed by atoms with Crippen LogP contribution in [0.15, 0.2) is 42.5 Å². The molecule has 2 N–H and O–H groups in total. The summed E-state index contributed by atoms with van der Waals surface area (Å²) in [6.07, 6.45) is 11.7. The van der Waals surface area contributed by atoms with Crippen molar-refractivity contribution in [2.75, 3.05) is 20.2 Å². The van der Waals surface area contributed by atoms with Crippen molar-refractivity contribution in [3.63, 3.8) is 0 Å². The summed E-state index contributed by atoms with van der Waals surface area (Å²) in [5, 5.41) is 2.99. The van der Waals surface area contributed by atoms with Crippen LogP contribution >= 0.6 is 0 Å². The third kappa shape index (κ3) is 9.74. The lowest BCUT2D eigenvalue weighted by Gasteiger charge is -2.27. The van der Waals surface area contributed by atoms with Gasteiger partial charge in [0, 0.05) is 39.0 Å². The van der Waals surface area contributed by atoms with E-state index in [2.05, 4.69) is 22.9 Å². The molecule has 3 atom stereocenters. The van der Waals surface area contributed by atoms with Gasteiger partial charge in [0.05, 0.1) is 0 Å². The van der Waals surface area contributed by atoms with E-state index in [-0.39, 0.29) is 24.1 Å². The zero-order chi connectivity index (χ0) is 25.6. The van der Waals surface area contributed by atoms with Crippen molar-refractivity contribution in [1.82, 2.24) is 15.7 Å². The summed E-state index contributed by atoms with van der Waals surface area (Å²) in [4.78, 5) is 46.4. The van der Waals surface area contributed by atoms with E-state index >= 15 is 0 Å². The van der Waals surface area contributed by atoms with E-state index in [9.17, 15) is 14.4 Å². The molecular formula is C28H41N3O5. The number of rotatable bonds is 7. The number of ether oxygens (including phenoxy) is 1. The Morgan fingerprint density at radius 2 is 1.86 bits per heavy atom. The quantitative estimate of drug-likeness (QED) is 0.441. The summed E-state index contributed by atoms with van der Waals surface area (Å²) in [6.45, 7) is 1.25. The first-order valence-electron chi connectivity index (χ1n) is 13.3. The van der Waals surface area contributed by atoms with Crippen molar-refractivity contribution in [2.24, 2.45) is 5.92 Å². The van der Waals surface area contributed by atoms with Crippen LogP contribution < -0.4 is 10.8 Å². The normalized spacial score (nSPS) is 24.6. The molecule has 1 fully saturated rings. The number of allylic oxidation sites excluding steroid dienone is 2. The molecule has 1 aromatic carbocycles. The number of likely N-dealkylation sites (N-methyl/N-ethyl adjacent to an activating group) is 1. The van der Waals surface area contributed by atoms with Crippen molar-refractivity contribution in [2.45, 2.75) is 83.0 Å². The first kappa shape index (κ1) is 27.9. The first-order valence-corrected chi connectivity index (χ1v) is 13.3. The van der Waals surface area contributed by atoms with Gasteiger partial charge in [0.25, 0.3) is 0 Å². The maximum absolute atomic E-state index is 13.4. The summed E-state index contributed by atoms with van der Waals surface area (Å²) < 4.78 is 5.49. The Bertz CT molecular complexity index is 854. The zero-order valence-electron chi connectivity index (χ0n) is 21.5. The molecule has 0 saturated carbocycles. The van der Waals surface area contributed by atoms with Gasteiger partial charge in [0.1, 0.15) is 6.04 Å². The third-order valence-corrected chi connectivity index (χ3v) is 6.75. The molecule has 1 saturated heterocycles. The number of aryl methyl sites for hydroxylation is 1. The van der Waals surface area contributed by atoms with Crippen LogP contribution in [-0.2, 0) is 30.4 Å². The van der Waals surface area contributed by atoms with Crippen LogP contribution in [0.2, 0.25) is 0 Å². The topological polar surface area (TPSA) is 97.0 Å². The second-order valence-electron chi connectivity index (χ2n) is 9.73. The lowest BCUT2D eigenvalue weighted by molar-refractivity contribution is -0.200. The van der Waals surface area contributed by atoms with E-state index < -0.39 is 18.2 Å². The molecule has 2 heterocycles. The van der Waals surface area contributed by atoms with Crippen LogP contribution in [0.5, 0.6) is 0 Å². The maximum Gasteiger partial charge on any atom is 0.244 e. The fraction of sp³-hybridized carbons (Fsp3) is 0.607. The second-order valence-corrected chi connectivity index (χ2v) is 9.73. The lowest BCUT2D eigenvalue weighted by atomic mass is 9.95. The van der Waals surface area contributed by atoms with Gasteiger partial charge in [-0.15, -0.1) is 0 Å². The van der Waals surface area contributed by atoms with Crippen molar-refractivity contribution in [3.05, 3.63) is 48.0 Å². The molecule has 3 amide bonds. The summed E-state index contributed by atoms with van der Waals surface area (Å²) >= 11 is 0. The summed E-state index contributed by atoms with van der Waals surface area (Å²) in [6, 6.07) is 9.30. The number of hydrogen-bond acceptors (Lipinski definition) is 5. The van der Waals surface area contributed by atoms with Gasteiger partial charge in [-0.05, 0) is 63.4 Å². The first-order chi connectivity index (χ1) is 17.5. The Labute approximate surface area is 214 Å². The van der Waals surface area contributed by atoms with Gasteiger partial charge in [-0.25, -0.2) is 10.3 Å². The molecule has 0 bridgehead atoms. The number of carbonyl (C=O) groups is 3. The van der Waals surface area contributed by atoms with Crippen LogP contribution in [0.1, 0.15) is 69.8 Å². The number of carbonyl (C=O) groups excluding carboxylic acids is 3. The molecular weight excluding hydrogens is 458 g/mol. The predicted octanol–water partition coefficient (Wildman–Crippen LogP) is 3.66. The largest absolute Gasteiger partial charge is 0.350 e. The number of benzene rings is 1. The molecule has 0 aliphatic carbocycles. The minimum absolute atomic E-state index is 0.00228. The summed E-state index contributed by atoms with van der Waals surface area (Å²) in [5.41, 5.74) is 3.58. The van der Waals surface area contributed by atoms with Gasteiger partial charge < -0.3 is 15.0 Å². The van der Waals surface area contributed by atoms with Crippen LogP contribution in [0.4, 0.5) is 0 Å². The Morgan fingerprint density at radius 3 is 2.61 bits per heavy atom. The zero-order valence-corrected chi connectivity index (χ0v) is 21.5. The molecule has 36 heavy (non-hydrogen) atoms. The Morgan fingerprint density at radius 1 is 1.08 bits per heavy atom. The average Bonchev–Trinajstić information content (AvgIpc) is 2.90. The molecule has 1 aromatic rings. The van der Waals surface area contributed by atoms with Crippen molar-refractivity contribution >= 4 is 17.7 Å². The maximum atomic E-state index is 13.4. The van der Waals surface area contributed by atoms with Gasteiger partial charge in [-0.1, -0.05) is 42.5 Å². The Balaban J connectivity index is 1.65. The molecule has 3 rings (SSSR count). The highest BCUT2D eigenvalue weighted by molar-refractivity contribution is 5.90. The highest BCUT2D eigenvalue weighted by Gasteiger charge is 2.29. The van der Waals surface area contributed by atoms with Crippen LogP contribution in [0.25, 0.3) is 0 Å². The van der Waals surface area contributed by atoms with Gasteiger partial charge in [-0.2, -0.15) is 0 Å². The molecule has 0 radical (unpaired) electrons. The van der Waals surface area contributed by atoms with E-state index in [1.54, 1.807) is 11.9 Å².